The zero-order chi connectivity index (χ0) is 9.80. The first-order chi connectivity index (χ1) is 6.92. The molecule has 0 N–H and O–H groups in total. The second-order valence-corrected chi connectivity index (χ2v) is 3.01. The van der Waals surface area contributed by atoms with Crippen LogP contribution in [0.1, 0.15) is 5.56 Å². The second kappa shape index (κ2) is 4.07. The van der Waals surface area contributed by atoms with Gasteiger partial charge in [-0.3, -0.25) is 0 Å². The van der Waals surface area contributed by atoms with Crippen LogP contribution in [-0.4, -0.2) is 15.3 Å². The Labute approximate surface area is 87.7 Å². The predicted octanol–water partition coefficient (Wildman–Crippen LogP) is 2.49. The molecule has 0 fully saturated rings. The van der Waals surface area contributed by atoms with E-state index in [-0.39, 0.29) is 0 Å². The number of nitrogens with zero attached hydrogens (tertiary/aromatic N) is 2. The molecule has 0 unspecified atom stereocenters. The van der Waals surface area contributed by atoms with Gasteiger partial charge in [-0.2, -0.15) is 0 Å². The Balaban J connectivity index is 2.57. The number of aromatic nitrogens is 2. The minimum absolute atomic E-state index is 0.712. The fourth-order valence-corrected chi connectivity index (χ4v) is 1.45. The topological polar surface area (TPSA) is 25.8 Å². The van der Waals surface area contributed by atoms with Crippen molar-refractivity contribution < 1.29 is 0 Å². The van der Waals surface area contributed by atoms with Crippen molar-refractivity contribution >= 4 is 17.6 Å². The number of hydrogen-bond acceptors (Lipinski definition) is 3. The normalized spacial score (nSPS) is 9.71. The second-order valence-electron chi connectivity index (χ2n) is 2.78. The van der Waals surface area contributed by atoms with Gasteiger partial charge in [0.2, 0.25) is 0 Å². The van der Waals surface area contributed by atoms with E-state index in [1.165, 1.54) is 0 Å². The van der Waals surface area contributed by atoms with Crippen molar-refractivity contribution in [3.05, 3.63) is 48.3 Å². The highest BCUT2D eigenvalue weighted by molar-refractivity contribution is 7.79. The first-order valence-electron chi connectivity index (χ1n) is 4.23. The maximum absolute atomic E-state index is 4.93. The van der Waals surface area contributed by atoms with Crippen LogP contribution in [0.4, 0.5) is 0 Å². The van der Waals surface area contributed by atoms with Gasteiger partial charge in [0.25, 0.3) is 0 Å². The van der Waals surface area contributed by atoms with Crippen molar-refractivity contribution in [1.82, 2.24) is 9.97 Å². The van der Waals surface area contributed by atoms with E-state index in [0.717, 1.165) is 11.1 Å². The summed E-state index contributed by atoms with van der Waals surface area (Å²) in [4.78, 5) is 8.36. The summed E-state index contributed by atoms with van der Waals surface area (Å²) in [6.07, 6.45) is 3.45. The first kappa shape index (κ1) is 8.97. The van der Waals surface area contributed by atoms with E-state index >= 15 is 0 Å². The van der Waals surface area contributed by atoms with Crippen molar-refractivity contribution in [3.63, 3.8) is 0 Å². The Kier molecular flexibility index (Phi) is 2.60. The van der Waals surface area contributed by atoms with E-state index in [2.05, 4.69) is 9.97 Å². The standard InChI is InChI=1S/C11H8N2S/c14-8-9-4-1-2-5-10(9)11-12-6-3-7-13-11/h1-8H. The Morgan fingerprint density at radius 2 is 1.71 bits per heavy atom. The summed E-state index contributed by atoms with van der Waals surface area (Å²) in [5.74, 6) is 0.712. The van der Waals surface area contributed by atoms with Crippen LogP contribution in [0, 0.1) is 0 Å². The molecule has 68 valence electrons. The SMILES string of the molecule is S=Cc1ccccc1-c1ncccn1. The molecule has 1 heterocycles. The lowest BCUT2D eigenvalue weighted by Gasteiger charge is -2.02. The highest BCUT2D eigenvalue weighted by Crippen LogP contribution is 2.17. The third-order valence-electron chi connectivity index (χ3n) is 1.89. The molecule has 0 atom stereocenters. The molecule has 0 amide bonds. The fraction of sp³-hybridized carbons (Fsp3) is 0. The number of benzene rings is 1. The van der Waals surface area contributed by atoms with E-state index in [4.69, 9.17) is 12.2 Å². The van der Waals surface area contributed by atoms with Crippen LogP contribution in [0.25, 0.3) is 11.4 Å². The van der Waals surface area contributed by atoms with Crippen LogP contribution in [0.15, 0.2) is 42.7 Å². The van der Waals surface area contributed by atoms with Gasteiger partial charge in [-0.25, -0.2) is 9.97 Å². The lowest BCUT2D eigenvalue weighted by Crippen LogP contribution is -1.91. The van der Waals surface area contributed by atoms with Crippen LogP contribution in [0.5, 0.6) is 0 Å². The van der Waals surface area contributed by atoms with Crippen molar-refractivity contribution in [2.24, 2.45) is 0 Å². The summed E-state index contributed by atoms with van der Waals surface area (Å²) in [5, 5.41) is 1.64. The largest absolute Gasteiger partial charge is 0.237 e. The highest BCUT2D eigenvalue weighted by atomic mass is 32.1. The van der Waals surface area contributed by atoms with Gasteiger partial charge >= 0.3 is 0 Å². The third kappa shape index (κ3) is 1.67. The first-order valence-corrected chi connectivity index (χ1v) is 4.70. The van der Waals surface area contributed by atoms with Gasteiger partial charge in [0.15, 0.2) is 5.82 Å². The molecular formula is C11H8N2S. The maximum atomic E-state index is 4.93. The monoisotopic (exact) mass is 200 g/mol. The number of thiocarbonyl (C=S) groups is 1. The van der Waals surface area contributed by atoms with Gasteiger partial charge in [0.05, 0.1) is 0 Å². The molecule has 0 aliphatic carbocycles. The fourth-order valence-electron chi connectivity index (χ4n) is 1.24. The molecule has 0 radical (unpaired) electrons. The van der Waals surface area contributed by atoms with Crippen molar-refractivity contribution in [2.75, 3.05) is 0 Å². The smallest absolute Gasteiger partial charge is 0.159 e. The molecule has 2 aromatic rings. The van der Waals surface area contributed by atoms with E-state index < -0.39 is 0 Å². The molecule has 14 heavy (non-hydrogen) atoms. The molecule has 2 nitrogen and oxygen atoms in total. The van der Waals surface area contributed by atoms with Crippen LogP contribution >= 0.6 is 12.2 Å². The lowest BCUT2D eigenvalue weighted by atomic mass is 10.1. The summed E-state index contributed by atoms with van der Waals surface area (Å²) in [5.41, 5.74) is 1.96. The van der Waals surface area contributed by atoms with Gasteiger partial charge in [0, 0.05) is 23.3 Å². The summed E-state index contributed by atoms with van der Waals surface area (Å²) in [7, 11) is 0. The summed E-state index contributed by atoms with van der Waals surface area (Å²) in [6, 6.07) is 9.62. The van der Waals surface area contributed by atoms with Gasteiger partial charge < -0.3 is 0 Å². The number of hydrogen-bond donors (Lipinski definition) is 0. The minimum Gasteiger partial charge on any atom is -0.237 e. The molecule has 0 aliphatic rings. The molecule has 0 bridgehead atoms. The van der Waals surface area contributed by atoms with Crippen molar-refractivity contribution in [2.45, 2.75) is 0 Å². The summed E-state index contributed by atoms with van der Waals surface area (Å²) in [6.45, 7) is 0. The van der Waals surface area contributed by atoms with Gasteiger partial charge in [-0.15, -0.1) is 0 Å². The third-order valence-corrected chi connectivity index (χ3v) is 2.15. The highest BCUT2D eigenvalue weighted by Gasteiger charge is 2.03. The molecule has 3 heteroatoms. The molecule has 1 aromatic carbocycles. The van der Waals surface area contributed by atoms with Crippen LogP contribution in [-0.2, 0) is 0 Å². The molecule has 2 rings (SSSR count). The Bertz CT molecular complexity index is 440. The molecule has 1 aromatic heterocycles. The van der Waals surface area contributed by atoms with Crippen LogP contribution < -0.4 is 0 Å². The summed E-state index contributed by atoms with van der Waals surface area (Å²) >= 11 is 4.93. The minimum atomic E-state index is 0.712. The quantitative estimate of drug-likeness (QED) is 0.696. The van der Waals surface area contributed by atoms with Crippen molar-refractivity contribution in [1.29, 1.82) is 0 Å². The zero-order valence-corrected chi connectivity index (χ0v) is 8.24. The van der Waals surface area contributed by atoms with E-state index in [1.54, 1.807) is 23.8 Å². The lowest BCUT2D eigenvalue weighted by molar-refractivity contribution is 1.17. The van der Waals surface area contributed by atoms with Gasteiger partial charge in [-0.1, -0.05) is 36.5 Å². The van der Waals surface area contributed by atoms with Gasteiger partial charge in [-0.05, 0) is 11.6 Å². The molecule has 0 aliphatic heterocycles. The van der Waals surface area contributed by atoms with Crippen LogP contribution in [0.2, 0.25) is 0 Å². The van der Waals surface area contributed by atoms with Crippen molar-refractivity contribution in [3.8, 4) is 11.4 Å². The molecule has 0 saturated carbocycles. The molecule has 0 saturated heterocycles. The number of rotatable bonds is 2. The molecule has 0 spiro atoms. The zero-order valence-electron chi connectivity index (χ0n) is 7.42. The van der Waals surface area contributed by atoms with E-state index in [1.807, 2.05) is 24.3 Å². The average Bonchev–Trinajstić information content (AvgIpc) is 2.30. The molecular weight excluding hydrogens is 192 g/mol. The van der Waals surface area contributed by atoms with Gasteiger partial charge in [0.1, 0.15) is 0 Å². The van der Waals surface area contributed by atoms with E-state index in [0.29, 0.717) is 5.82 Å². The maximum Gasteiger partial charge on any atom is 0.159 e. The predicted molar refractivity (Wildman–Crippen MR) is 60.2 cm³/mol. The Hall–Kier alpha value is -1.61. The van der Waals surface area contributed by atoms with Crippen LogP contribution in [0.3, 0.4) is 0 Å². The van der Waals surface area contributed by atoms with E-state index in [9.17, 15) is 0 Å². The Morgan fingerprint density at radius 1 is 1.00 bits per heavy atom. The Morgan fingerprint density at radius 3 is 2.43 bits per heavy atom. The average molecular weight is 200 g/mol. The summed E-state index contributed by atoms with van der Waals surface area (Å²) < 4.78 is 0.